The molecule has 14 heavy (non-hydrogen) atoms. The summed E-state index contributed by atoms with van der Waals surface area (Å²) in [5.74, 6) is 0. The maximum absolute atomic E-state index is 12.4. The van der Waals surface area contributed by atoms with Crippen LogP contribution >= 0.6 is 31.9 Å². The van der Waals surface area contributed by atoms with Gasteiger partial charge < -0.3 is 5.11 Å². The van der Waals surface area contributed by atoms with E-state index in [4.69, 9.17) is 5.11 Å². The van der Waals surface area contributed by atoms with E-state index in [0.717, 1.165) is 6.07 Å². The summed E-state index contributed by atoms with van der Waals surface area (Å²) >= 11 is 5.87. The Bertz CT molecular complexity index is 349. The highest BCUT2D eigenvalue weighted by atomic mass is 79.9. The van der Waals surface area contributed by atoms with E-state index in [1.165, 1.54) is 6.07 Å². The number of alkyl halides is 3. The summed E-state index contributed by atoms with van der Waals surface area (Å²) in [7, 11) is 0. The molecule has 0 atom stereocenters. The molecule has 0 unspecified atom stereocenters. The number of rotatable bonds is 1. The van der Waals surface area contributed by atoms with Crippen molar-refractivity contribution in [3.8, 4) is 0 Å². The monoisotopic (exact) mass is 332 g/mol. The third kappa shape index (κ3) is 2.29. The minimum Gasteiger partial charge on any atom is -0.392 e. The molecule has 0 fully saturated rings. The van der Waals surface area contributed by atoms with E-state index in [9.17, 15) is 13.2 Å². The standard InChI is InChI=1S/C8H5Br2F3O/c9-6-2-1-5(8(11,12)13)7(10)4(6)3-14/h1-2,14H,3H2. The molecule has 0 aliphatic heterocycles. The smallest absolute Gasteiger partial charge is 0.392 e. The van der Waals surface area contributed by atoms with Crippen LogP contribution in [0.1, 0.15) is 11.1 Å². The van der Waals surface area contributed by atoms with Gasteiger partial charge in [0.1, 0.15) is 0 Å². The average molecular weight is 334 g/mol. The quantitative estimate of drug-likeness (QED) is 0.830. The van der Waals surface area contributed by atoms with Crippen molar-refractivity contribution >= 4 is 31.9 Å². The first-order valence-electron chi connectivity index (χ1n) is 3.53. The Balaban J connectivity index is 3.36. The summed E-state index contributed by atoms with van der Waals surface area (Å²) < 4.78 is 37.4. The van der Waals surface area contributed by atoms with Crippen molar-refractivity contribution in [1.29, 1.82) is 0 Å². The average Bonchev–Trinajstić information content (AvgIpc) is 2.02. The lowest BCUT2D eigenvalue weighted by Gasteiger charge is -2.12. The van der Waals surface area contributed by atoms with Crippen LogP contribution in [0, 0.1) is 0 Å². The van der Waals surface area contributed by atoms with E-state index in [2.05, 4.69) is 31.9 Å². The largest absolute Gasteiger partial charge is 0.417 e. The highest BCUT2D eigenvalue weighted by molar-refractivity contribution is 9.11. The Morgan fingerprint density at radius 3 is 2.21 bits per heavy atom. The molecule has 1 rings (SSSR count). The van der Waals surface area contributed by atoms with Gasteiger partial charge in [0.15, 0.2) is 0 Å². The van der Waals surface area contributed by atoms with Gasteiger partial charge in [0.25, 0.3) is 0 Å². The minimum atomic E-state index is -4.41. The topological polar surface area (TPSA) is 20.2 Å². The molecule has 1 nitrogen and oxygen atoms in total. The second-order valence-corrected chi connectivity index (χ2v) is 4.19. The van der Waals surface area contributed by atoms with Crippen LogP contribution in [0.5, 0.6) is 0 Å². The maximum Gasteiger partial charge on any atom is 0.417 e. The van der Waals surface area contributed by atoms with Crippen molar-refractivity contribution in [3.63, 3.8) is 0 Å². The number of aliphatic hydroxyl groups is 1. The Labute approximate surface area is 95.2 Å². The molecular weight excluding hydrogens is 329 g/mol. The van der Waals surface area contributed by atoms with Crippen LogP contribution in [-0.2, 0) is 12.8 Å². The molecule has 1 N–H and O–H groups in total. The Morgan fingerprint density at radius 1 is 1.21 bits per heavy atom. The fourth-order valence-corrected chi connectivity index (χ4v) is 2.38. The van der Waals surface area contributed by atoms with E-state index < -0.39 is 18.3 Å². The molecule has 1 aromatic rings. The lowest BCUT2D eigenvalue weighted by molar-refractivity contribution is -0.138. The van der Waals surface area contributed by atoms with Crippen molar-refractivity contribution < 1.29 is 18.3 Å². The molecule has 0 bridgehead atoms. The maximum atomic E-state index is 12.4. The number of aliphatic hydroxyl groups excluding tert-OH is 1. The first kappa shape index (κ1) is 12.0. The molecule has 0 saturated heterocycles. The number of benzene rings is 1. The molecule has 0 spiro atoms. The number of halogens is 5. The molecule has 0 amide bonds. The molecule has 0 saturated carbocycles. The van der Waals surface area contributed by atoms with Crippen molar-refractivity contribution in [1.82, 2.24) is 0 Å². The summed E-state index contributed by atoms with van der Waals surface area (Å²) in [6.07, 6.45) is -4.41. The summed E-state index contributed by atoms with van der Waals surface area (Å²) in [4.78, 5) is 0. The molecule has 78 valence electrons. The third-order valence-electron chi connectivity index (χ3n) is 1.65. The molecule has 0 aliphatic carbocycles. The van der Waals surface area contributed by atoms with Gasteiger partial charge in [-0.2, -0.15) is 13.2 Å². The number of hydrogen-bond acceptors (Lipinski definition) is 1. The molecule has 0 aromatic heterocycles. The fraction of sp³-hybridized carbons (Fsp3) is 0.250. The van der Waals surface area contributed by atoms with Gasteiger partial charge in [0.05, 0.1) is 12.2 Å². The number of hydrogen-bond donors (Lipinski definition) is 1. The van der Waals surface area contributed by atoms with Gasteiger partial charge in [0, 0.05) is 14.5 Å². The molecule has 0 heterocycles. The van der Waals surface area contributed by atoms with Crippen molar-refractivity contribution in [3.05, 3.63) is 32.2 Å². The van der Waals surface area contributed by atoms with Crippen LogP contribution in [-0.4, -0.2) is 5.11 Å². The van der Waals surface area contributed by atoms with Crippen molar-refractivity contribution in [2.75, 3.05) is 0 Å². The summed E-state index contributed by atoms with van der Waals surface area (Å²) in [6, 6.07) is 2.21. The van der Waals surface area contributed by atoms with Gasteiger partial charge in [-0.05, 0) is 28.1 Å². The normalized spacial score (nSPS) is 11.9. The minimum absolute atomic E-state index is 0.123. The van der Waals surface area contributed by atoms with E-state index in [-0.39, 0.29) is 10.0 Å². The van der Waals surface area contributed by atoms with Crippen LogP contribution in [0.15, 0.2) is 21.1 Å². The van der Waals surface area contributed by atoms with Crippen LogP contribution in [0.25, 0.3) is 0 Å². The van der Waals surface area contributed by atoms with Crippen molar-refractivity contribution in [2.24, 2.45) is 0 Å². The highest BCUT2D eigenvalue weighted by Crippen LogP contribution is 2.38. The van der Waals surface area contributed by atoms with Crippen LogP contribution < -0.4 is 0 Å². The highest BCUT2D eigenvalue weighted by Gasteiger charge is 2.34. The SMILES string of the molecule is OCc1c(Br)ccc(C(F)(F)F)c1Br. The predicted octanol–water partition coefficient (Wildman–Crippen LogP) is 3.72. The molecule has 0 radical (unpaired) electrons. The third-order valence-corrected chi connectivity index (χ3v) is 3.30. The van der Waals surface area contributed by atoms with Gasteiger partial charge in [-0.25, -0.2) is 0 Å². The first-order valence-corrected chi connectivity index (χ1v) is 5.11. The van der Waals surface area contributed by atoms with Gasteiger partial charge in [-0.3, -0.25) is 0 Å². The van der Waals surface area contributed by atoms with Crippen LogP contribution in [0.4, 0.5) is 13.2 Å². The second kappa shape index (κ2) is 4.20. The fourth-order valence-electron chi connectivity index (χ4n) is 0.962. The molecule has 0 aliphatic rings. The predicted molar refractivity (Wildman–Crippen MR) is 52.8 cm³/mol. The van der Waals surface area contributed by atoms with Crippen molar-refractivity contribution in [2.45, 2.75) is 12.8 Å². The molecule has 6 heteroatoms. The first-order chi connectivity index (χ1) is 6.38. The summed E-state index contributed by atoms with van der Waals surface area (Å²) in [6.45, 7) is -0.453. The Kier molecular flexibility index (Phi) is 3.60. The Morgan fingerprint density at radius 2 is 1.79 bits per heavy atom. The summed E-state index contributed by atoms with van der Waals surface area (Å²) in [5, 5.41) is 8.86. The zero-order valence-electron chi connectivity index (χ0n) is 6.70. The zero-order chi connectivity index (χ0) is 10.9. The second-order valence-electron chi connectivity index (χ2n) is 2.54. The van der Waals surface area contributed by atoms with Gasteiger partial charge in [-0.15, -0.1) is 0 Å². The van der Waals surface area contributed by atoms with Crippen LogP contribution in [0.2, 0.25) is 0 Å². The lowest BCUT2D eigenvalue weighted by Crippen LogP contribution is -2.07. The zero-order valence-corrected chi connectivity index (χ0v) is 9.87. The van der Waals surface area contributed by atoms with Gasteiger partial charge >= 0.3 is 6.18 Å². The van der Waals surface area contributed by atoms with Gasteiger partial charge in [0.2, 0.25) is 0 Å². The van der Waals surface area contributed by atoms with Gasteiger partial charge in [-0.1, -0.05) is 15.9 Å². The Hall–Kier alpha value is -0.0700. The van der Waals surface area contributed by atoms with E-state index >= 15 is 0 Å². The lowest BCUT2D eigenvalue weighted by atomic mass is 10.1. The van der Waals surface area contributed by atoms with E-state index in [1.54, 1.807) is 0 Å². The van der Waals surface area contributed by atoms with E-state index in [0.29, 0.717) is 4.47 Å². The van der Waals surface area contributed by atoms with E-state index in [1.807, 2.05) is 0 Å². The summed E-state index contributed by atoms with van der Waals surface area (Å²) in [5.41, 5.74) is -0.593. The molecular formula is C8H5Br2F3O. The molecule has 1 aromatic carbocycles. The van der Waals surface area contributed by atoms with Crippen LogP contribution in [0.3, 0.4) is 0 Å².